The minimum absolute atomic E-state index is 0.00712. The van der Waals surface area contributed by atoms with E-state index in [4.69, 9.17) is 16.3 Å². The Labute approximate surface area is 117 Å². The number of carbonyl (C=O) groups excluding carboxylic acids is 1. The molecule has 0 heterocycles. The first-order chi connectivity index (χ1) is 7.65. The van der Waals surface area contributed by atoms with Crippen LogP contribution in [0.1, 0.15) is 16.8 Å². The van der Waals surface area contributed by atoms with Crippen molar-refractivity contribution in [3.63, 3.8) is 0 Å². The second-order valence-electron chi connectivity index (χ2n) is 3.08. The van der Waals surface area contributed by atoms with Crippen LogP contribution in [0.3, 0.4) is 0 Å². The predicted octanol–water partition coefficient (Wildman–Crippen LogP) is 3.99. The molecule has 0 aromatic heterocycles. The van der Waals surface area contributed by atoms with Crippen molar-refractivity contribution in [1.82, 2.24) is 0 Å². The number of hydrogen-bond donors (Lipinski definition) is 0. The van der Waals surface area contributed by atoms with Gasteiger partial charge in [-0.15, -0.1) is 11.6 Å². The molecule has 1 aromatic carbocycles. The first-order valence-corrected chi connectivity index (χ1v) is 7.13. The van der Waals surface area contributed by atoms with Gasteiger partial charge in [0.15, 0.2) is 5.78 Å². The first-order valence-electron chi connectivity index (χ1n) is 4.76. The largest absolute Gasteiger partial charge is 0.494 e. The van der Waals surface area contributed by atoms with Gasteiger partial charge >= 0.3 is 0 Å². The summed E-state index contributed by atoms with van der Waals surface area (Å²) in [5.74, 6) is 1.33. The van der Waals surface area contributed by atoms with Gasteiger partial charge in [0.05, 0.1) is 6.61 Å². The molecule has 0 saturated carbocycles. The molecular weight excluding hydrogens is 359 g/mol. The van der Waals surface area contributed by atoms with E-state index in [9.17, 15) is 4.79 Å². The Morgan fingerprint density at radius 2 is 1.94 bits per heavy atom. The Bertz CT molecular complexity index is 338. The summed E-state index contributed by atoms with van der Waals surface area (Å²) in [6, 6.07) is 7.05. The lowest BCUT2D eigenvalue weighted by molar-refractivity contribution is 0.101. The molecule has 0 spiro atoms. The SMILES string of the molecule is O=C(c1ccc(OCCCCl)cc1)C(Br)Br. The third-order valence-electron chi connectivity index (χ3n) is 1.88. The number of Topliss-reactive ketones (excluding diaryl/α,β-unsaturated/α-hetero) is 1. The van der Waals surface area contributed by atoms with Crippen LogP contribution >= 0.6 is 43.5 Å². The molecule has 0 fully saturated rings. The zero-order chi connectivity index (χ0) is 12.0. The molecule has 0 aliphatic rings. The van der Waals surface area contributed by atoms with Crippen LogP contribution in [-0.2, 0) is 0 Å². The van der Waals surface area contributed by atoms with Crippen molar-refractivity contribution in [2.45, 2.75) is 10.2 Å². The average molecular weight is 370 g/mol. The average Bonchev–Trinajstić information content (AvgIpc) is 2.29. The van der Waals surface area contributed by atoms with Gasteiger partial charge in [0.25, 0.3) is 0 Å². The van der Waals surface area contributed by atoms with E-state index in [1.54, 1.807) is 24.3 Å². The number of hydrogen-bond acceptors (Lipinski definition) is 2. The molecule has 0 radical (unpaired) electrons. The summed E-state index contributed by atoms with van der Waals surface area (Å²) < 4.78 is 5.08. The van der Waals surface area contributed by atoms with Crippen LogP contribution in [0, 0.1) is 0 Å². The minimum Gasteiger partial charge on any atom is -0.494 e. The predicted molar refractivity (Wildman–Crippen MR) is 73.2 cm³/mol. The highest BCUT2D eigenvalue weighted by Gasteiger charge is 2.12. The normalized spacial score (nSPS) is 10.5. The molecule has 1 rings (SSSR count). The van der Waals surface area contributed by atoms with Crippen LogP contribution in [0.25, 0.3) is 0 Å². The van der Waals surface area contributed by atoms with E-state index < -0.39 is 0 Å². The Morgan fingerprint density at radius 1 is 1.31 bits per heavy atom. The summed E-state index contributed by atoms with van der Waals surface area (Å²) in [6.07, 6.45) is 0.813. The maximum absolute atomic E-state index is 11.6. The van der Waals surface area contributed by atoms with E-state index in [1.807, 2.05) is 0 Å². The molecule has 0 unspecified atom stereocenters. The fraction of sp³-hybridized carbons (Fsp3) is 0.364. The molecule has 2 nitrogen and oxygen atoms in total. The van der Waals surface area contributed by atoms with E-state index in [-0.39, 0.29) is 9.52 Å². The summed E-state index contributed by atoms with van der Waals surface area (Å²) in [5, 5.41) is 0. The Morgan fingerprint density at radius 3 is 2.44 bits per heavy atom. The maximum Gasteiger partial charge on any atom is 0.187 e. The number of alkyl halides is 3. The van der Waals surface area contributed by atoms with Gasteiger partial charge in [-0.05, 0) is 30.7 Å². The highest BCUT2D eigenvalue weighted by atomic mass is 79.9. The summed E-state index contributed by atoms with van der Waals surface area (Å²) >= 11 is 11.9. The van der Waals surface area contributed by atoms with Crippen LogP contribution in [0.15, 0.2) is 24.3 Å². The Balaban J connectivity index is 2.57. The minimum atomic E-state index is -0.344. The van der Waals surface area contributed by atoms with Crippen LogP contribution in [0.5, 0.6) is 5.75 Å². The van der Waals surface area contributed by atoms with Gasteiger partial charge < -0.3 is 4.74 Å². The third-order valence-corrected chi connectivity index (χ3v) is 2.98. The van der Waals surface area contributed by atoms with Crippen molar-refractivity contribution in [2.75, 3.05) is 12.5 Å². The molecule has 16 heavy (non-hydrogen) atoms. The maximum atomic E-state index is 11.6. The summed E-state index contributed by atoms with van der Waals surface area (Å²) in [6.45, 7) is 0.594. The molecular formula is C11H11Br2ClO2. The number of benzene rings is 1. The number of carbonyl (C=O) groups is 1. The zero-order valence-electron chi connectivity index (χ0n) is 8.46. The highest BCUT2D eigenvalue weighted by molar-refractivity contribution is 9.25. The monoisotopic (exact) mass is 368 g/mol. The van der Waals surface area contributed by atoms with Crippen molar-refractivity contribution >= 4 is 49.2 Å². The van der Waals surface area contributed by atoms with Gasteiger partial charge in [-0.1, -0.05) is 31.9 Å². The second-order valence-corrected chi connectivity index (χ2v) is 6.52. The molecule has 0 saturated heterocycles. The van der Waals surface area contributed by atoms with Gasteiger partial charge in [-0.3, -0.25) is 4.79 Å². The van der Waals surface area contributed by atoms with Crippen LogP contribution in [-0.4, -0.2) is 22.0 Å². The fourth-order valence-electron chi connectivity index (χ4n) is 1.09. The van der Waals surface area contributed by atoms with Crippen LogP contribution < -0.4 is 4.74 Å². The molecule has 0 aliphatic carbocycles. The smallest absolute Gasteiger partial charge is 0.187 e. The Hall–Kier alpha value is -0.0600. The van der Waals surface area contributed by atoms with E-state index >= 15 is 0 Å². The molecule has 0 N–H and O–H groups in total. The molecule has 0 bridgehead atoms. The number of halogens is 3. The summed E-state index contributed by atoms with van der Waals surface area (Å²) in [5.41, 5.74) is 0.642. The topological polar surface area (TPSA) is 26.3 Å². The van der Waals surface area contributed by atoms with Crippen molar-refractivity contribution in [1.29, 1.82) is 0 Å². The van der Waals surface area contributed by atoms with Gasteiger partial charge in [-0.2, -0.15) is 0 Å². The first kappa shape index (κ1) is 14.0. The molecule has 0 amide bonds. The van der Waals surface area contributed by atoms with Crippen LogP contribution in [0.4, 0.5) is 0 Å². The number of ketones is 1. The molecule has 0 atom stereocenters. The lowest BCUT2D eigenvalue weighted by atomic mass is 10.1. The Kier molecular flexibility index (Phi) is 6.39. The zero-order valence-corrected chi connectivity index (χ0v) is 12.4. The number of ether oxygens (including phenoxy) is 1. The molecule has 1 aromatic rings. The standard InChI is InChI=1S/C11H11Br2ClO2/c12-11(13)10(15)8-2-4-9(5-3-8)16-7-1-6-14/h2-5,11H,1,6-7H2. The summed E-state index contributed by atoms with van der Waals surface area (Å²) in [4.78, 5) is 11.6. The van der Waals surface area contributed by atoms with E-state index in [0.29, 0.717) is 18.1 Å². The van der Waals surface area contributed by atoms with Gasteiger partial charge in [0.2, 0.25) is 0 Å². The van der Waals surface area contributed by atoms with Gasteiger partial charge in [-0.25, -0.2) is 0 Å². The van der Waals surface area contributed by atoms with E-state index in [0.717, 1.165) is 12.2 Å². The molecule has 0 aliphatic heterocycles. The highest BCUT2D eigenvalue weighted by Crippen LogP contribution is 2.18. The quantitative estimate of drug-likeness (QED) is 0.430. The fourth-order valence-corrected chi connectivity index (χ4v) is 1.72. The lowest BCUT2D eigenvalue weighted by Gasteiger charge is -2.06. The van der Waals surface area contributed by atoms with Crippen molar-refractivity contribution in [2.24, 2.45) is 0 Å². The van der Waals surface area contributed by atoms with Gasteiger partial charge in [0.1, 0.15) is 9.49 Å². The van der Waals surface area contributed by atoms with Crippen molar-refractivity contribution in [3.05, 3.63) is 29.8 Å². The number of rotatable bonds is 6. The molecule has 88 valence electrons. The van der Waals surface area contributed by atoms with Crippen molar-refractivity contribution < 1.29 is 9.53 Å². The van der Waals surface area contributed by atoms with Crippen LogP contribution in [0.2, 0.25) is 0 Å². The molecule has 5 heteroatoms. The summed E-state index contributed by atoms with van der Waals surface area (Å²) in [7, 11) is 0. The van der Waals surface area contributed by atoms with Gasteiger partial charge in [0, 0.05) is 11.4 Å². The lowest BCUT2D eigenvalue weighted by Crippen LogP contribution is -2.06. The van der Waals surface area contributed by atoms with Crippen molar-refractivity contribution in [3.8, 4) is 5.75 Å². The third kappa shape index (κ3) is 4.44. The van der Waals surface area contributed by atoms with E-state index in [1.165, 1.54) is 0 Å². The second kappa shape index (κ2) is 7.30. The van der Waals surface area contributed by atoms with E-state index in [2.05, 4.69) is 31.9 Å².